The molecule has 0 aliphatic carbocycles. The summed E-state index contributed by atoms with van der Waals surface area (Å²) in [4.78, 5) is 5.15. The van der Waals surface area contributed by atoms with Crippen LogP contribution in [0.15, 0.2) is 5.16 Å². The third-order valence-corrected chi connectivity index (χ3v) is 1.78. The van der Waals surface area contributed by atoms with Crippen LogP contribution in [0.5, 0.6) is 0 Å². The van der Waals surface area contributed by atoms with Crippen LogP contribution in [0.3, 0.4) is 0 Å². The zero-order chi connectivity index (χ0) is 7.56. The van der Waals surface area contributed by atoms with Gasteiger partial charge >= 0.3 is 0 Å². The monoisotopic (exact) mass is 141 g/mol. The molecule has 0 N–H and O–H groups in total. The molecule has 0 saturated heterocycles. The molecule has 0 bridgehead atoms. The molecule has 0 radical (unpaired) electrons. The van der Waals surface area contributed by atoms with Gasteiger partial charge in [-0.2, -0.15) is 0 Å². The van der Waals surface area contributed by atoms with E-state index in [1.165, 1.54) is 0 Å². The van der Waals surface area contributed by atoms with E-state index in [4.69, 9.17) is 4.84 Å². The van der Waals surface area contributed by atoms with E-state index in [1.807, 2.05) is 6.21 Å². The van der Waals surface area contributed by atoms with Gasteiger partial charge in [-0.25, -0.2) is 0 Å². The van der Waals surface area contributed by atoms with Crippen molar-refractivity contribution in [1.29, 1.82) is 0 Å². The van der Waals surface area contributed by atoms with Gasteiger partial charge in [-0.3, -0.25) is 0 Å². The van der Waals surface area contributed by atoms with Crippen LogP contribution in [-0.4, -0.2) is 12.3 Å². The van der Waals surface area contributed by atoms with Crippen molar-refractivity contribution in [2.24, 2.45) is 17.0 Å². The molecule has 2 nitrogen and oxygen atoms in total. The average molecular weight is 141 g/mol. The minimum absolute atomic E-state index is 0.333. The summed E-state index contributed by atoms with van der Waals surface area (Å²) in [6, 6.07) is 0. The maximum atomic E-state index is 5.15. The average Bonchev–Trinajstić information content (AvgIpc) is 2.15. The molecule has 0 aromatic heterocycles. The summed E-state index contributed by atoms with van der Waals surface area (Å²) in [5.74, 6) is 1.21. The smallest absolute Gasteiger partial charge is 0.135 e. The highest BCUT2D eigenvalue weighted by Crippen LogP contribution is 2.19. The van der Waals surface area contributed by atoms with Gasteiger partial charge in [-0.15, -0.1) is 0 Å². The second kappa shape index (κ2) is 3.04. The molecular formula is C8H15NO. The number of hydrogen-bond donors (Lipinski definition) is 0. The van der Waals surface area contributed by atoms with E-state index in [0.29, 0.717) is 17.9 Å². The fraction of sp³-hybridized carbons (Fsp3) is 0.875. The largest absolute Gasteiger partial charge is 0.392 e. The Bertz CT molecular complexity index is 131. The van der Waals surface area contributed by atoms with Gasteiger partial charge in [0, 0.05) is 5.92 Å². The van der Waals surface area contributed by atoms with E-state index < -0.39 is 0 Å². The second-order valence-corrected chi connectivity index (χ2v) is 3.39. The Morgan fingerprint density at radius 3 is 2.70 bits per heavy atom. The molecule has 2 heteroatoms. The highest BCUT2D eigenvalue weighted by atomic mass is 16.6. The van der Waals surface area contributed by atoms with Gasteiger partial charge in [-0.05, 0) is 12.3 Å². The van der Waals surface area contributed by atoms with Crippen molar-refractivity contribution in [1.82, 2.24) is 0 Å². The van der Waals surface area contributed by atoms with Crippen LogP contribution in [0.4, 0.5) is 0 Å². The third kappa shape index (κ3) is 1.72. The molecule has 2 unspecified atom stereocenters. The topological polar surface area (TPSA) is 21.6 Å². The van der Waals surface area contributed by atoms with Crippen molar-refractivity contribution < 1.29 is 4.84 Å². The zero-order valence-corrected chi connectivity index (χ0v) is 6.87. The van der Waals surface area contributed by atoms with Crippen LogP contribution in [-0.2, 0) is 4.84 Å². The van der Waals surface area contributed by atoms with Gasteiger partial charge in [0.25, 0.3) is 0 Å². The normalized spacial score (nSPS) is 31.2. The lowest BCUT2D eigenvalue weighted by atomic mass is 9.97. The Kier molecular flexibility index (Phi) is 2.30. The first-order valence-electron chi connectivity index (χ1n) is 3.89. The Balaban J connectivity index is 2.30. The molecular weight excluding hydrogens is 126 g/mol. The Labute approximate surface area is 62.3 Å². The van der Waals surface area contributed by atoms with Crippen molar-refractivity contribution in [2.45, 2.75) is 33.3 Å². The first-order valence-corrected chi connectivity index (χ1v) is 3.89. The third-order valence-electron chi connectivity index (χ3n) is 1.78. The van der Waals surface area contributed by atoms with Crippen molar-refractivity contribution in [3.8, 4) is 0 Å². The van der Waals surface area contributed by atoms with E-state index in [0.717, 1.165) is 6.42 Å². The van der Waals surface area contributed by atoms with E-state index in [9.17, 15) is 0 Å². The molecule has 0 aromatic rings. The highest BCUT2D eigenvalue weighted by molar-refractivity contribution is 5.61. The van der Waals surface area contributed by atoms with Crippen LogP contribution in [0.1, 0.15) is 27.2 Å². The predicted molar refractivity (Wildman–Crippen MR) is 42.0 cm³/mol. The fourth-order valence-corrected chi connectivity index (χ4v) is 1.12. The Morgan fingerprint density at radius 2 is 2.30 bits per heavy atom. The minimum Gasteiger partial charge on any atom is -0.392 e. The zero-order valence-electron chi connectivity index (χ0n) is 6.87. The Morgan fingerprint density at radius 1 is 1.60 bits per heavy atom. The molecule has 0 saturated carbocycles. The molecule has 0 aromatic carbocycles. The van der Waals surface area contributed by atoms with Crippen LogP contribution in [0.2, 0.25) is 0 Å². The number of oxime groups is 1. The molecule has 0 fully saturated rings. The van der Waals surface area contributed by atoms with Crippen molar-refractivity contribution in [2.75, 3.05) is 0 Å². The predicted octanol–water partition coefficient (Wildman–Crippen LogP) is 2.05. The minimum atomic E-state index is 0.333. The first kappa shape index (κ1) is 7.58. The van der Waals surface area contributed by atoms with E-state index in [-0.39, 0.29) is 0 Å². The molecule has 0 amide bonds. The summed E-state index contributed by atoms with van der Waals surface area (Å²) in [5.41, 5.74) is 0. The van der Waals surface area contributed by atoms with Gasteiger partial charge in [0.1, 0.15) is 6.10 Å². The van der Waals surface area contributed by atoms with Crippen LogP contribution in [0, 0.1) is 11.8 Å². The quantitative estimate of drug-likeness (QED) is 0.576. The van der Waals surface area contributed by atoms with Gasteiger partial charge in [0.15, 0.2) is 0 Å². The maximum absolute atomic E-state index is 5.15. The lowest BCUT2D eigenvalue weighted by molar-refractivity contribution is 0.0501. The molecule has 0 spiro atoms. The number of hydrogen-bond acceptors (Lipinski definition) is 2. The number of rotatable bonds is 2. The maximum Gasteiger partial charge on any atom is 0.135 e. The van der Waals surface area contributed by atoms with Gasteiger partial charge in [-0.1, -0.05) is 25.9 Å². The van der Waals surface area contributed by atoms with Crippen molar-refractivity contribution in [3.05, 3.63) is 0 Å². The summed E-state index contributed by atoms with van der Waals surface area (Å²) in [7, 11) is 0. The van der Waals surface area contributed by atoms with Crippen molar-refractivity contribution >= 4 is 6.21 Å². The van der Waals surface area contributed by atoms with Gasteiger partial charge in [0.05, 0.1) is 6.21 Å². The van der Waals surface area contributed by atoms with Crippen LogP contribution >= 0.6 is 0 Å². The molecule has 58 valence electrons. The molecule has 1 heterocycles. The second-order valence-electron chi connectivity index (χ2n) is 3.39. The first-order chi connectivity index (χ1) is 4.70. The van der Waals surface area contributed by atoms with Crippen LogP contribution < -0.4 is 0 Å². The van der Waals surface area contributed by atoms with E-state index >= 15 is 0 Å². The molecule has 2 atom stereocenters. The molecule has 1 aliphatic heterocycles. The SMILES string of the molecule is CC(C)CC1ON=CC1C. The summed E-state index contributed by atoms with van der Waals surface area (Å²) in [6.45, 7) is 6.55. The summed E-state index contributed by atoms with van der Waals surface area (Å²) in [6.07, 6.45) is 3.33. The highest BCUT2D eigenvalue weighted by Gasteiger charge is 2.22. The van der Waals surface area contributed by atoms with Crippen LogP contribution in [0.25, 0.3) is 0 Å². The molecule has 10 heavy (non-hydrogen) atoms. The fourth-order valence-electron chi connectivity index (χ4n) is 1.12. The Hall–Kier alpha value is -0.530. The standard InChI is InChI=1S/C8H15NO/c1-6(2)4-8-7(3)5-9-10-8/h5-8H,4H2,1-3H3. The lowest BCUT2D eigenvalue weighted by Gasteiger charge is -2.14. The van der Waals surface area contributed by atoms with E-state index in [2.05, 4.69) is 25.9 Å². The summed E-state index contributed by atoms with van der Waals surface area (Å²) < 4.78 is 0. The van der Waals surface area contributed by atoms with Gasteiger partial charge < -0.3 is 4.84 Å². The lowest BCUT2D eigenvalue weighted by Crippen LogP contribution is -2.17. The summed E-state index contributed by atoms with van der Waals surface area (Å²) >= 11 is 0. The van der Waals surface area contributed by atoms with Crippen molar-refractivity contribution in [3.63, 3.8) is 0 Å². The summed E-state index contributed by atoms with van der Waals surface area (Å²) in [5, 5.41) is 3.77. The molecule has 1 rings (SSSR count). The number of nitrogens with zero attached hydrogens (tertiary/aromatic N) is 1. The van der Waals surface area contributed by atoms with Gasteiger partial charge in [0.2, 0.25) is 0 Å². The van der Waals surface area contributed by atoms with E-state index in [1.54, 1.807) is 0 Å². The molecule has 1 aliphatic rings.